The van der Waals surface area contributed by atoms with Crippen LogP contribution in [0, 0.1) is 12.8 Å². The van der Waals surface area contributed by atoms with Gasteiger partial charge in [-0.3, -0.25) is 4.79 Å². The quantitative estimate of drug-likeness (QED) is 0.914. The number of aryl methyl sites for hydroxylation is 1. The van der Waals surface area contributed by atoms with E-state index in [4.69, 9.17) is 4.52 Å². The number of β-amino-alcohol motifs (C(OH)–C–C–N with tert-alkyl or cyclic N) is 1. The summed E-state index contributed by atoms with van der Waals surface area (Å²) in [6, 6.07) is 3.02. The number of likely N-dealkylation sites (tertiary alicyclic amines) is 1. The number of aromatic nitrogens is 3. The van der Waals surface area contributed by atoms with Crippen molar-refractivity contribution in [3.8, 4) is 0 Å². The van der Waals surface area contributed by atoms with Crippen molar-refractivity contribution in [2.75, 3.05) is 13.1 Å². The van der Waals surface area contributed by atoms with Crippen LogP contribution in [0.4, 0.5) is 8.78 Å². The van der Waals surface area contributed by atoms with Crippen molar-refractivity contribution in [2.24, 2.45) is 5.92 Å². The van der Waals surface area contributed by atoms with E-state index >= 15 is 0 Å². The predicted molar refractivity (Wildman–Crippen MR) is 73.8 cm³/mol. The maximum atomic E-state index is 12.5. The maximum Gasteiger partial charge on any atom is 0.333 e. The highest BCUT2D eigenvalue weighted by molar-refractivity contribution is 5.92. The van der Waals surface area contributed by atoms with Gasteiger partial charge in [0.2, 0.25) is 0 Å². The van der Waals surface area contributed by atoms with Crippen molar-refractivity contribution in [1.82, 2.24) is 19.8 Å². The molecular weight excluding hydrogens is 310 g/mol. The highest BCUT2D eigenvalue weighted by Gasteiger charge is 2.35. The van der Waals surface area contributed by atoms with Crippen LogP contribution in [-0.2, 0) is 6.42 Å². The molecule has 0 saturated carbocycles. The van der Waals surface area contributed by atoms with Crippen molar-refractivity contribution < 1.29 is 23.2 Å². The third-order valence-electron chi connectivity index (χ3n) is 3.86. The lowest BCUT2D eigenvalue weighted by molar-refractivity contribution is 0.0552. The number of nitrogens with zero attached hydrogens (tertiary/aromatic N) is 4. The molecule has 0 aliphatic carbocycles. The van der Waals surface area contributed by atoms with Gasteiger partial charge in [0.1, 0.15) is 5.76 Å². The van der Waals surface area contributed by atoms with E-state index in [1.165, 1.54) is 11.0 Å². The second-order valence-electron chi connectivity index (χ2n) is 5.63. The van der Waals surface area contributed by atoms with E-state index in [0.29, 0.717) is 23.4 Å². The predicted octanol–water partition coefficient (Wildman–Crippen LogP) is 1.25. The molecule has 0 spiro atoms. The van der Waals surface area contributed by atoms with Crippen LogP contribution in [-0.4, -0.2) is 50.0 Å². The number of halogens is 2. The molecule has 1 amide bonds. The van der Waals surface area contributed by atoms with Crippen LogP contribution < -0.4 is 0 Å². The summed E-state index contributed by atoms with van der Waals surface area (Å²) in [5.74, 6) is -0.0222. The van der Waals surface area contributed by atoms with Crippen molar-refractivity contribution >= 4 is 5.91 Å². The van der Waals surface area contributed by atoms with Crippen molar-refractivity contribution in [2.45, 2.75) is 26.0 Å². The Morgan fingerprint density at radius 2 is 2.30 bits per heavy atom. The van der Waals surface area contributed by atoms with E-state index in [-0.39, 0.29) is 18.2 Å². The zero-order valence-corrected chi connectivity index (χ0v) is 12.4. The molecule has 1 saturated heterocycles. The number of carbonyl (C=O) groups is 1. The molecule has 1 N–H and O–H groups in total. The van der Waals surface area contributed by atoms with Crippen LogP contribution in [0.1, 0.15) is 28.5 Å². The summed E-state index contributed by atoms with van der Waals surface area (Å²) in [6.07, 6.45) is 0.803. The highest BCUT2D eigenvalue weighted by atomic mass is 19.3. The zero-order valence-electron chi connectivity index (χ0n) is 12.4. The summed E-state index contributed by atoms with van der Waals surface area (Å²) in [6.45, 7) is -0.546. The number of hydrogen-bond donors (Lipinski definition) is 1. The van der Waals surface area contributed by atoms with Crippen LogP contribution >= 0.6 is 0 Å². The van der Waals surface area contributed by atoms with E-state index in [2.05, 4.69) is 10.3 Å². The molecule has 0 aromatic carbocycles. The molecule has 2 aromatic heterocycles. The van der Waals surface area contributed by atoms with Crippen LogP contribution in [0.25, 0.3) is 0 Å². The second kappa shape index (κ2) is 6.07. The van der Waals surface area contributed by atoms with Gasteiger partial charge in [0, 0.05) is 37.7 Å². The lowest BCUT2D eigenvalue weighted by atomic mass is 10.0. The number of carbonyl (C=O) groups excluding carboxylic acids is 1. The first-order valence-corrected chi connectivity index (χ1v) is 7.17. The van der Waals surface area contributed by atoms with Crippen molar-refractivity contribution in [1.29, 1.82) is 0 Å². The standard InChI is InChI=1S/C14H16F2N4O3/c1-8-4-10(23-18-8)5-9-6-19(7-12(9)21)13(22)11-2-3-20(17-11)14(15)16/h2-4,9,12,14,21H,5-7H2,1H3/t9-,12+/m1/s1. The van der Waals surface area contributed by atoms with E-state index in [9.17, 15) is 18.7 Å². The van der Waals surface area contributed by atoms with Crippen molar-refractivity contribution in [3.05, 3.63) is 35.5 Å². The van der Waals surface area contributed by atoms with E-state index in [1.807, 2.05) is 0 Å². The topological polar surface area (TPSA) is 84.4 Å². The lowest BCUT2D eigenvalue weighted by Gasteiger charge is -2.14. The third kappa shape index (κ3) is 3.24. The van der Waals surface area contributed by atoms with Gasteiger partial charge in [-0.2, -0.15) is 13.9 Å². The average Bonchev–Trinajstić information content (AvgIpc) is 3.20. The fourth-order valence-electron chi connectivity index (χ4n) is 2.71. The number of amides is 1. The first-order chi connectivity index (χ1) is 10.9. The van der Waals surface area contributed by atoms with Gasteiger partial charge in [-0.05, 0) is 13.0 Å². The Labute approximate surface area is 130 Å². The largest absolute Gasteiger partial charge is 0.391 e. The Balaban J connectivity index is 1.66. The van der Waals surface area contributed by atoms with E-state index in [0.717, 1.165) is 11.9 Å². The number of aliphatic hydroxyl groups excluding tert-OH is 1. The highest BCUT2D eigenvalue weighted by Crippen LogP contribution is 2.23. The minimum atomic E-state index is -2.79. The normalized spacial score (nSPS) is 21.3. The molecule has 9 heteroatoms. The Hall–Kier alpha value is -2.29. The summed E-state index contributed by atoms with van der Waals surface area (Å²) in [7, 11) is 0. The summed E-state index contributed by atoms with van der Waals surface area (Å²) in [5.41, 5.74) is 0.687. The van der Waals surface area contributed by atoms with Crippen LogP contribution in [0.15, 0.2) is 22.9 Å². The molecule has 1 aliphatic rings. The van der Waals surface area contributed by atoms with Crippen LogP contribution in [0.2, 0.25) is 0 Å². The molecule has 0 bridgehead atoms. The molecule has 1 aliphatic heterocycles. The minimum absolute atomic E-state index is 0.0614. The molecule has 2 aromatic rings. The SMILES string of the molecule is Cc1cc(C[C@@H]2CN(C(=O)c3ccn(C(F)F)n3)C[C@@H]2O)on1. The van der Waals surface area contributed by atoms with Gasteiger partial charge in [-0.1, -0.05) is 5.16 Å². The first-order valence-electron chi connectivity index (χ1n) is 7.17. The molecule has 1 fully saturated rings. The monoisotopic (exact) mass is 326 g/mol. The smallest absolute Gasteiger partial charge is 0.333 e. The van der Waals surface area contributed by atoms with Gasteiger partial charge in [-0.25, -0.2) is 4.68 Å². The molecule has 3 heterocycles. The zero-order chi connectivity index (χ0) is 16.6. The van der Waals surface area contributed by atoms with E-state index < -0.39 is 18.6 Å². The summed E-state index contributed by atoms with van der Waals surface area (Å²) in [4.78, 5) is 13.7. The average molecular weight is 326 g/mol. The Kier molecular flexibility index (Phi) is 4.12. The van der Waals surface area contributed by atoms with Crippen LogP contribution in [0.3, 0.4) is 0 Å². The lowest BCUT2D eigenvalue weighted by Crippen LogP contribution is -2.30. The van der Waals surface area contributed by atoms with Gasteiger partial charge < -0.3 is 14.5 Å². The van der Waals surface area contributed by atoms with Gasteiger partial charge in [-0.15, -0.1) is 0 Å². The number of hydrogen-bond acceptors (Lipinski definition) is 5. The second-order valence-corrected chi connectivity index (χ2v) is 5.63. The maximum absolute atomic E-state index is 12.5. The number of rotatable bonds is 4. The van der Waals surface area contributed by atoms with Gasteiger partial charge in [0.05, 0.1) is 11.8 Å². The molecule has 3 rings (SSSR count). The molecule has 2 atom stereocenters. The van der Waals surface area contributed by atoms with Gasteiger partial charge in [0.15, 0.2) is 5.69 Å². The summed E-state index contributed by atoms with van der Waals surface area (Å²) >= 11 is 0. The molecule has 0 radical (unpaired) electrons. The Bertz CT molecular complexity index is 700. The fraction of sp³-hybridized carbons (Fsp3) is 0.500. The molecule has 124 valence electrons. The van der Waals surface area contributed by atoms with E-state index in [1.54, 1.807) is 13.0 Å². The van der Waals surface area contributed by atoms with Crippen LogP contribution in [0.5, 0.6) is 0 Å². The van der Waals surface area contributed by atoms with Crippen molar-refractivity contribution in [3.63, 3.8) is 0 Å². The van der Waals surface area contributed by atoms with Gasteiger partial charge in [0.25, 0.3) is 5.91 Å². The minimum Gasteiger partial charge on any atom is -0.391 e. The summed E-state index contributed by atoms with van der Waals surface area (Å²) < 4.78 is 30.6. The van der Waals surface area contributed by atoms with Gasteiger partial charge >= 0.3 is 6.55 Å². The molecule has 0 unspecified atom stereocenters. The number of aliphatic hydroxyl groups is 1. The number of alkyl halides is 2. The fourth-order valence-corrected chi connectivity index (χ4v) is 2.71. The molecule has 23 heavy (non-hydrogen) atoms. The first kappa shape index (κ1) is 15.6. The summed E-state index contributed by atoms with van der Waals surface area (Å²) in [5, 5.41) is 17.5. The molecule has 7 nitrogen and oxygen atoms in total. The third-order valence-corrected chi connectivity index (χ3v) is 3.86. The molecular formula is C14H16F2N4O3. The Morgan fingerprint density at radius 3 is 2.91 bits per heavy atom. The Morgan fingerprint density at radius 1 is 1.52 bits per heavy atom.